The monoisotopic (exact) mass is 512 g/mol. The number of hydrogen-bond donors (Lipinski definition) is 1. The van der Waals surface area contributed by atoms with Crippen molar-refractivity contribution in [2.24, 2.45) is 56.7 Å². The van der Waals surface area contributed by atoms with Gasteiger partial charge in [0.25, 0.3) is 0 Å². The first kappa shape index (κ1) is 27.3. The van der Waals surface area contributed by atoms with E-state index in [1.807, 2.05) is 0 Å². The largest absolute Gasteiger partial charge is 0.462 e. The Bertz CT molecular complexity index is 1010. The minimum Gasteiger partial charge on any atom is -0.462 e. The lowest BCUT2D eigenvalue weighted by molar-refractivity contribution is -0.207. The molecule has 0 spiro atoms. The van der Waals surface area contributed by atoms with Gasteiger partial charge >= 0.3 is 5.97 Å². The van der Waals surface area contributed by atoms with Crippen LogP contribution in [-0.2, 0) is 14.4 Å². The van der Waals surface area contributed by atoms with Gasteiger partial charge < -0.3 is 9.62 Å². The van der Waals surface area contributed by atoms with Gasteiger partial charge in [-0.05, 0) is 108 Å². The van der Waals surface area contributed by atoms with E-state index in [1.54, 1.807) is 18.8 Å². The molecule has 1 N–H and O–H groups in total. The first-order valence-electron chi connectivity index (χ1n) is 15.1. The number of rotatable bonds is 3. The summed E-state index contributed by atoms with van der Waals surface area (Å²) in [7, 11) is 0. The highest BCUT2D eigenvalue weighted by Gasteiger charge is 2.69. The van der Waals surface area contributed by atoms with Crippen LogP contribution in [0.3, 0.4) is 0 Å². The van der Waals surface area contributed by atoms with Crippen LogP contribution >= 0.6 is 0 Å². The van der Waals surface area contributed by atoms with Crippen LogP contribution in [0, 0.1) is 56.7 Å². The van der Waals surface area contributed by atoms with Gasteiger partial charge in [0.15, 0.2) is 0 Å². The Hall–Kier alpha value is -1.29. The molecule has 0 radical (unpaired) electrons. The van der Waals surface area contributed by atoms with Gasteiger partial charge in [0.05, 0.1) is 0 Å². The highest BCUT2D eigenvalue weighted by atomic mass is 17.1. The number of carbonyl (C=O) groups excluding carboxylic acids is 1. The summed E-state index contributed by atoms with van der Waals surface area (Å²) in [6, 6.07) is 0. The predicted octanol–water partition coefficient (Wildman–Crippen LogP) is 8.58. The molecule has 5 aliphatic rings. The first-order valence-corrected chi connectivity index (χ1v) is 15.1. The topological polar surface area (TPSA) is 55.8 Å². The fraction of sp³-hybridized carbons (Fsp3) is 0.848. The van der Waals surface area contributed by atoms with Crippen molar-refractivity contribution < 1.29 is 19.7 Å². The van der Waals surface area contributed by atoms with Gasteiger partial charge in [0, 0.05) is 12.3 Å². The lowest BCUT2D eigenvalue weighted by Gasteiger charge is -2.71. The third-order valence-electron chi connectivity index (χ3n) is 13.4. The van der Waals surface area contributed by atoms with Crippen molar-refractivity contribution in [1.82, 2.24) is 0 Å². The number of esters is 1. The van der Waals surface area contributed by atoms with E-state index in [9.17, 15) is 10.1 Å². The molecule has 0 aromatic carbocycles. The summed E-state index contributed by atoms with van der Waals surface area (Å²) < 4.78 is 5.90. The average molecular weight is 513 g/mol. The second-order valence-corrected chi connectivity index (χ2v) is 15.6. The van der Waals surface area contributed by atoms with Crippen LogP contribution in [-0.4, -0.2) is 17.3 Å². The minimum atomic E-state index is -0.170. The molecule has 37 heavy (non-hydrogen) atoms. The van der Waals surface area contributed by atoms with Gasteiger partial charge in [0.1, 0.15) is 12.4 Å². The number of fused-ring (bicyclic) bond motifs is 7. The fourth-order valence-corrected chi connectivity index (χ4v) is 11.4. The molecular weight excluding hydrogens is 460 g/mol. The zero-order chi connectivity index (χ0) is 27.2. The van der Waals surface area contributed by atoms with Gasteiger partial charge in [-0.25, -0.2) is 5.26 Å². The Labute approximate surface area is 225 Å². The van der Waals surface area contributed by atoms with Crippen LogP contribution in [0.1, 0.15) is 114 Å². The second kappa shape index (κ2) is 8.60. The smallest absolute Gasteiger partial charge is 0.302 e. The van der Waals surface area contributed by atoms with E-state index < -0.39 is 0 Å². The summed E-state index contributed by atoms with van der Waals surface area (Å²) in [6.07, 6.45) is 13.6. The molecule has 4 heteroatoms. The summed E-state index contributed by atoms with van der Waals surface area (Å²) in [5.74, 6) is 2.55. The standard InChI is InChI=1S/C33H52O4/c1-20(2)23-10-13-30(6)16-17-32(8)24(27(23)30)18-22(19-36-35)28-31(7)14-12-26(37-21(3)34)29(4,5)25(31)11-15-33(28,32)9/h18-20,23,25-28,35H,10-17H2,1-9H3/b22-19+/t23-,25-,26-,27+,28+,30+,31-,32+,33+/m0/s1. The molecule has 0 aromatic rings. The van der Waals surface area contributed by atoms with Crippen molar-refractivity contribution in [2.75, 3.05) is 0 Å². The van der Waals surface area contributed by atoms with E-state index in [4.69, 9.17) is 9.62 Å². The van der Waals surface area contributed by atoms with Crippen molar-refractivity contribution >= 4 is 5.97 Å². The van der Waals surface area contributed by atoms with E-state index >= 15 is 0 Å². The highest BCUT2D eigenvalue weighted by molar-refractivity contribution is 5.66. The maximum absolute atomic E-state index is 12.0. The van der Waals surface area contributed by atoms with Crippen LogP contribution in [0.15, 0.2) is 23.5 Å². The molecule has 208 valence electrons. The van der Waals surface area contributed by atoms with Crippen LogP contribution in [0.5, 0.6) is 0 Å². The first-order chi connectivity index (χ1) is 17.2. The molecule has 5 aliphatic carbocycles. The number of hydrogen-bond acceptors (Lipinski definition) is 4. The maximum atomic E-state index is 12.0. The molecule has 0 heterocycles. The Kier molecular flexibility index (Phi) is 6.34. The molecule has 4 saturated carbocycles. The molecule has 0 saturated heterocycles. The zero-order valence-corrected chi connectivity index (χ0v) is 24.9. The molecular formula is C33H52O4. The van der Waals surface area contributed by atoms with E-state index in [-0.39, 0.29) is 33.7 Å². The second-order valence-electron chi connectivity index (χ2n) is 15.6. The molecule has 0 aliphatic heterocycles. The third-order valence-corrected chi connectivity index (χ3v) is 13.4. The van der Waals surface area contributed by atoms with Crippen molar-refractivity contribution in [1.29, 1.82) is 0 Å². The quantitative estimate of drug-likeness (QED) is 0.178. The van der Waals surface area contributed by atoms with E-state index in [0.29, 0.717) is 29.1 Å². The van der Waals surface area contributed by atoms with Crippen LogP contribution in [0.25, 0.3) is 0 Å². The van der Waals surface area contributed by atoms with Crippen LogP contribution in [0.4, 0.5) is 0 Å². The van der Waals surface area contributed by atoms with Gasteiger partial charge in [-0.3, -0.25) is 4.79 Å². The number of allylic oxidation sites excluding steroid dienone is 3. The summed E-state index contributed by atoms with van der Waals surface area (Å²) >= 11 is 0. The van der Waals surface area contributed by atoms with Crippen molar-refractivity contribution in [3.63, 3.8) is 0 Å². The summed E-state index contributed by atoms with van der Waals surface area (Å²) in [5, 5.41) is 9.79. The maximum Gasteiger partial charge on any atom is 0.302 e. The lowest BCUT2D eigenvalue weighted by atomic mass is 9.33. The predicted molar refractivity (Wildman–Crippen MR) is 147 cm³/mol. The van der Waals surface area contributed by atoms with E-state index in [2.05, 4.69) is 61.5 Å². The van der Waals surface area contributed by atoms with Crippen LogP contribution in [0.2, 0.25) is 0 Å². The average Bonchev–Trinajstić information content (AvgIpc) is 3.15. The third kappa shape index (κ3) is 3.59. The molecule has 0 unspecified atom stereocenters. The lowest BCUT2D eigenvalue weighted by Crippen LogP contribution is -2.65. The van der Waals surface area contributed by atoms with Crippen molar-refractivity contribution in [3.05, 3.63) is 23.5 Å². The summed E-state index contributed by atoms with van der Waals surface area (Å²) in [4.78, 5) is 16.8. The van der Waals surface area contributed by atoms with Gasteiger partial charge in [0.2, 0.25) is 0 Å². The molecule has 9 atom stereocenters. The Morgan fingerprint density at radius 1 is 1.00 bits per heavy atom. The van der Waals surface area contributed by atoms with Gasteiger partial charge in [-0.2, -0.15) is 0 Å². The Morgan fingerprint density at radius 3 is 2.32 bits per heavy atom. The molecule has 0 aromatic heterocycles. The Balaban J connectivity index is 1.65. The van der Waals surface area contributed by atoms with E-state index in [1.165, 1.54) is 31.3 Å². The summed E-state index contributed by atoms with van der Waals surface area (Å²) in [5.41, 5.74) is 3.37. The van der Waals surface area contributed by atoms with Gasteiger partial charge in [-0.15, -0.1) is 0 Å². The number of carbonyl (C=O) groups is 1. The van der Waals surface area contributed by atoms with Gasteiger partial charge in [-0.1, -0.05) is 67.0 Å². The molecule has 4 nitrogen and oxygen atoms in total. The molecule has 4 fully saturated rings. The zero-order valence-electron chi connectivity index (χ0n) is 24.9. The van der Waals surface area contributed by atoms with Crippen molar-refractivity contribution in [2.45, 2.75) is 120 Å². The summed E-state index contributed by atoms with van der Waals surface area (Å²) in [6.45, 7) is 21.2. The molecule has 0 amide bonds. The molecule has 0 bridgehead atoms. The minimum absolute atomic E-state index is 0.0381. The SMILES string of the molecule is CC(=O)O[C@H]1CC[C@]2(C)[C@H]3/C(=C/OO)C=C4[C@H]5[C@H](C(C)C)CC[C@]5(C)CC[C@@]4(C)[C@]3(C)CC[C@H]2C1(C)C. The Morgan fingerprint density at radius 2 is 1.70 bits per heavy atom. The highest BCUT2D eigenvalue weighted by Crippen LogP contribution is 2.77. The fourth-order valence-electron chi connectivity index (χ4n) is 11.4. The van der Waals surface area contributed by atoms with Crippen LogP contribution < -0.4 is 0 Å². The van der Waals surface area contributed by atoms with Crippen molar-refractivity contribution in [3.8, 4) is 0 Å². The normalized spacial score (nSPS) is 49.4. The van der Waals surface area contributed by atoms with E-state index in [0.717, 1.165) is 31.6 Å². The molecule has 5 rings (SSSR count). The number of ether oxygens (including phenoxy) is 1.